The van der Waals surface area contributed by atoms with Gasteiger partial charge in [0.15, 0.2) is 11.8 Å². The van der Waals surface area contributed by atoms with E-state index in [2.05, 4.69) is 31.1 Å². The number of hydrogen-bond acceptors (Lipinski definition) is 5. The Morgan fingerprint density at radius 2 is 1.86 bits per heavy atom. The molecule has 0 unspecified atom stereocenters. The number of amides is 1. The maximum atomic E-state index is 11.7. The fourth-order valence-electron chi connectivity index (χ4n) is 2.99. The molecule has 0 atom stereocenters. The van der Waals surface area contributed by atoms with Crippen LogP contribution in [0.3, 0.4) is 0 Å². The topological polar surface area (TPSA) is 105 Å². The van der Waals surface area contributed by atoms with E-state index in [4.69, 9.17) is 4.74 Å². The second-order valence-corrected chi connectivity index (χ2v) is 8.22. The zero-order valence-electron chi connectivity index (χ0n) is 17.8. The number of aromatic nitrogens is 3. The molecule has 0 aliphatic heterocycles. The van der Waals surface area contributed by atoms with Crippen molar-refractivity contribution < 1.29 is 9.53 Å². The van der Waals surface area contributed by atoms with Crippen molar-refractivity contribution in [1.82, 2.24) is 30.7 Å². The summed E-state index contributed by atoms with van der Waals surface area (Å²) in [5, 5.41) is 17.8. The first-order valence-corrected chi connectivity index (χ1v) is 10.1. The largest absolute Gasteiger partial charge is 0.444 e. The van der Waals surface area contributed by atoms with E-state index >= 15 is 0 Å². The number of rotatable bonds is 6. The highest BCUT2D eigenvalue weighted by atomic mass is 16.6. The number of alkyl carbamates (subject to hydrolysis) is 1. The molecule has 1 heterocycles. The highest BCUT2D eigenvalue weighted by Gasteiger charge is 2.17. The molecule has 1 aromatic rings. The lowest BCUT2D eigenvalue weighted by atomic mass is 9.96. The second kappa shape index (κ2) is 10.3. The first-order chi connectivity index (χ1) is 13.2. The first-order valence-electron chi connectivity index (χ1n) is 10.1. The maximum Gasteiger partial charge on any atom is 0.407 e. The summed E-state index contributed by atoms with van der Waals surface area (Å²) in [6.07, 6.45) is 5.68. The van der Waals surface area contributed by atoms with E-state index in [9.17, 15) is 4.79 Å². The maximum absolute atomic E-state index is 11.7. The molecule has 1 aliphatic carbocycles. The summed E-state index contributed by atoms with van der Waals surface area (Å²) in [5.74, 6) is 2.41. The van der Waals surface area contributed by atoms with E-state index in [1.165, 1.54) is 19.3 Å². The molecule has 9 heteroatoms. The fourth-order valence-corrected chi connectivity index (χ4v) is 2.99. The molecule has 0 saturated heterocycles. The molecule has 1 saturated carbocycles. The summed E-state index contributed by atoms with van der Waals surface area (Å²) in [6.45, 7) is 8.90. The van der Waals surface area contributed by atoms with Crippen molar-refractivity contribution >= 4 is 12.1 Å². The van der Waals surface area contributed by atoms with E-state index in [1.54, 1.807) is 0 Å². The molecule has 1 aromatic heterocycles. The van der Waals surface area contributed by atoms with E-state index in [1.807, 2.05) is 39.3 Å². The molecule has 3 N–H and O–H groups in total. The second-order valence-electron chi connectivity index (χ2n) is 8.22. The van der Waals surface area contributed by atoms with Gasteiger partial charge in [-0.2, -0.15) is 0 Å². The molecule has 9 nitrogen and oxygen atoms in total. The van der Waals surface area contributed by atoms with Crippen LogP contribution in [-0.4, -0.2) is 51.5 Å². The standard InChI is InChI=1S/C19H35N7O2/c1-14-24-25-16(26(14)5)13-22-17(23-15-9-7-6-8-10-15)20-11-12-21-18(27)28-19(2,3)4/h15H,6-13H2,1-5H3,(H,21,27)(H2,20,22,23). The summed E-state index contributed by atoms with van der Waals surface area (Å²) in [5.41, 5.74) is -0.499. The lowest BCUT2D eigenvalue weighted by Crippen LogP contribution is -2.46. The summed E-state index contributed by atoms with van der Waals surface area (Å²) in [6, 6.07) is 0.431. The van der Waals surface area contributed by atoms with Crippen LogP contribution in [0.4, 0.5) is 4.79 Å². The van der Waals surface area contributed by atoms with Crippen molar-refractivity contribution in [3.05, 3.63) is 11.6 Å². The van der Waals surface area contributed by atoms with Crippen LogP contribution >= 0.6 is 0 Å². The molecule has 0 bridgehead atoms. The third kappa shape index (κ3) is 7.74. The molecule has 28 heavy (non-hydrogen) atoms. The average Bonchev–Trinajstić information content (AvgIpc) is 2.94. The molecule has 0 radical (unpaired) electrons. The Balaban J connectivity index is 1.87. The molecule has 1 aliphatic rings. The zero-order chi connectivity index (χ0) is 20.6. The normalized spacial score (nSPS) is 16.0. The van der Waals surface area contributed by atoms with E-state index < -0.39 is 11.7 Å². The summed E-state index contributed by atoms with van der Waals surface area (Å²) in [7, 11) is 1.94. The minimum absolute atomic E-state index is 0.414. The monoisotopic (exact) mass is 393 g/mol. The van der Waals surface area contributed by atoms with Gasteiger partial charge in [0.1, 0.15) is 18.0 Å². The van der Waals surface area contributed by atoms with Gasteiger partial charge in [-0.3, -0.25) is 0 Å². The molecule has 0 aromatic carbocycles. The van der Waals surface area contributed by atoms with Crippen LogP contribution in [0.15, 0.2) is 4.99 Å². The first kappa shape index (κ1) is 22.0. The zero-order valence-corrected chi connectivity index (χ0v) is 17.8. The predicted molar refractivity (Wildman–Crippen MR) is 109 cm³/mol. The number of ether oxygens (including phenoxy) is 1. The quantitative estimate of drug-likeness (QED) is 0.388. The van der Waals surface area contributed by atoms with E-state index in [0.29, 0.717) is 25.7 Å². The van der Waals surface area contributed by atoms with Gasteiger partial charge in [-0.05, 0) is 40.5 Å². The van der Waals surface area contributed by atoms with Crippen molar-refractivity contribution in [2.24, 2.45) is 12.0 Å². The minimum Gasteiger partial charge on any atom is -0.444 e. The Morgan fingerprint density at radius 3 is 2.46 bits per heavy atom. The van der Waals surface area contributed by atoms with Gasteiger partial charge < -0.3 is 25.3 Å². The van der Waals surface area contributed by atoms with Crippen molar-refractivity contribution in [3.8, 4) is 0 Å². The SMILES string of the molecule is Cc1nnc(CN=C(NCCNC(=O)OC(C)(C)C)NC2CCCCC2)n1C. The Hall–Kier alpha value is -2.32. The van der Waals surface area contributed by atoms with Crippen molar-refractivity contribution in [1.29, 1.82) is 0 Å². The van der Waals surface area contributed by atoms with Crippen LogP contribution < -0.4 is 16.0 Å². The summed E-state index contributed by atoms with van der Waals surface area (Å²) in [4.78, 5) is 16.4. The lowest BCUT2D eigenvalue weighted by Gasteiger charge is -2.25. The highest BCUT2D eigenvalue weighted by molar-refractivity contribution is 5.80. The van der Waals surface area contributed by atoms with Crippen LogP contribution in [-0.2, 0) is 18.3 Å². The molecule has 1 fully saturated rings. The van der Waals surface area contributed by atoms with Gasteiger partial charge in [-0.15, -0.1) is 10.2 Å². The smallest absolute Gasteiger partial charge is 0.407 e. The van der Waals surface area contributed by atoms with Gasteiger partial charge in [0.25, 0.3) is 0 Å². The van der Waals surface area contributed by atoms with Crippen molar-refractivity contribution in [2.75, 3.05) is 13.1 Å². The van der Waals surface area contributed by atoms with Gasteiger partial charge in [0, 0.05) is 26.2 Å². The molecule has 0 spiro atoms. The fraction of sp³-hybridized carbons (Fsp3) is 0.789. The van der Waals surface area contributed by atoms with E-state index in [-0.39, 0.29) is 0 Å². The van der Waals surface area contributed by atoms with Crippen LogP contribution in [0.1, 0.15) is 64.5 Å². The third-order valence-electron chi connectivity index (χ3n) is 4.59. The lowest BCUT2D eigenvalue weighted by molar-refractivity contribution is 0.0529. The molecule has 2 rings (SSSR count). The van der Waals surface area contributed by atoms with Gasteiger partial charge >= 0.3 is 6.09 Å². The number of guanidine groups is 1. The molecular weight excluding hydrogens is 358 g/mol. The Kier molecular flexibility index (Phi) is 8.07. The number of nitrogens with one attached hydrogen (secondary N) is 3. The van der Waals surface area contributed by atoms with Gasteiger partial charge in [0.05, 0.1) is 0 Å². The third-order valence-corrected chi connectivity index (χ3v) is 4.59. The van der Waals surface area contributed by atoms with Gasteiger partial charge in [0.2, 0.25) is 0 Å². The molecular formula is C19H35N7O2. The molecule has 1 amide bonds. The number of hydrogen-bond donors (Lipinski definition) is 3. The Labute approximate surface area is 167 Å². The number of nitrogens with zero attached hydrogens (tertiary/aromatic N) is 4. The molecule has 158 valence electrons. The summed E-state index contributed by atoms with van der Waals surface area (Å²) >= 11 is 0. The number of carbonyl (C=O) groups is 1. The number of aryl methyl sites for hydroxylation is 1. The average molecular weight is 394 g/mol. The van der Waals surface area contributed by atoms with Crippen molar-refractivity contribution in [2.45, 2.75) is 78.0 Å². The number of carbonyl (C=O) groups excluding carboxylic acids is 1. The Bertz CT molecular complexity index is 658. The van der Waals surface area contributed by atoms with Crippen LogP contribution in [0, 0.1) is 6.92 Å². The van der Waals surface area contributed by atoms with Gasteiger partial charge in [-0.25, -0.2) is 9.79 Å². The predicted octanol–water partition coefficient (Wildman–Crippen LogP) is 2.02. The van der Waals surface area contributed by atoms with Gasteiger partial charge in [-0.1, -0.05) is 19.3 Å². The van der Waals surface area contributed by atoms with Crippen LogP contribution in [0.2, 0.25) is 0 Å². The highest BCUT2D eigenvalue weighted by Crippen LogP contribution is 2.17. The van der Waals surface area contributed by atoms with Crippen LogP contribution in [0.25, 0.3) is 0 Å². The summed E-state index contributed by atoms with van der Waals surface area (Å²) < 4.78 is 7.18. The minimum atomic E-state index is -0.499. The number of aliphatic imine (C=N–C) groups is 1. The van der Waals surface area contributed by atoms with Crippen molar-refractivity contribution in [3.63, 3.8) is 0 Å². The van der Waals surface area contributed by atoms with Crippen LogP contribution in [0.5, 0.6) is 0 Å². The van der Waals surface area contributed by atoms with E-state index in [0.717, 1.165) is 30.5 Å². The Morgan fingerprint density at radius 1 is 1.18 bits per heavy atom.